The van der Waals surface area contributed by atoms with E-state index in [0.29, 0.717) is 17.3 Å². The predicted molar refractivity (Wildman–Crippen MR) is 64.9 cm³/mol. The van der Waals surface area contributed by atoms with E-state index in [1.807, 2.05) is 13.8 Å². The molecular formula is C10H17NO3S2. The lowest BCUT2D eigenvalue weighted by atomic mass is 10.1. The van der Waals surface area contributed by atoms with Crippen molar-refractivity contribution in [2.45, 2.75) is 31.8 Å². The maximum absolute atomic E-state index is 11.8. The lowest BCUT2D eigenvalue weighted by molar-refractivity contribution is 0.285. The summed E-state index contributed by atoms with van der Waals surface area (Å²) in [5.41, 5.74) is 0. The fourth-order valence-corrected chi connectivity index (χ4v) is 3.33. The third-order valence-corrected chi connectivity index (χ3v) is 4.62. The maximum atomic E-state index is 11.8. The molecule has 2 N–H and O–H groups in total. The smallest absolute Gasteiger partial charge is 0.241 e. The molecule has 92 valence electrons. The average molecular weight is 263 g/mol. The van der Waals surface area contributed by atoms with Crippen LogP contribution in [0.2, 0.25) is 0 Å². The SMILES string of the molecule is CC(C)CCNS(=O)(=O)c1csc(CO)c1. The van der Waals surface area contributed by atoms with Crippen molar-refractivity contribution in [3.05, 3.63) is 16.3 Å². The number of thiophene rings is 1. The van der Waals surface area contributed by atoms with E-state index in [0.717, 1.165) is 6.42 Å². The van der Waals surface area contributed by atoms with Gasteiger partial charge in [-0.2, -0.15) is 0 Å². The summed E-state index contributed by atoms with van der Waals surface area (Å²) in [6.07, 6.45) is 0.816. The number of sulfonamides is 1. The first-order chi connectivity index (χ1) is 7.45. The number of aliphatic hydroxyl groups excluding tert-OH is 1. The van der Waals surface area contributed by atoms with Crippen molar-refractivity contribution in [3.8, 4) is 0 Å². The molecule has 6 heteroatoms. The highest BCUT2D eigenvalue weighted by molar-refractivity contribution is 7.89. The Labute approximate surface area is 100 Å². The number of rotatable bonds is 6. The number of nitrogens with one attached hydrogen (secondary N) is 1. The zero-order valence-electron chi connectivity index (χ0n) is 9.43. The van der Waals surface area contributed by atoms with Gasteiger partial charge >= 0.3 is 0 Å². The summed E-state index contributed by atoms with van der Waals surface area (Å²) in [4.78, 5) is 0.898. The van der Waals surface area contributed by atoms with Crippen LogP contribution in [0.1, 0.15) is 25.1 Å². The summed E-state index contributed by atoms with van der Waals surface area (Å²) < 4.78 is 26.1. The normalized spacial score (nSPS) is 12.2. The van der Waals surface area contributed by atoms with Crippen LogP contribution in [0, 0.1) is 5.92 Å². The topological polar surface area (TPSA) is 66.4 Å². The van der Waals surface area contributed by atoms with Gasteiger partial charge in [-0.15, -0.1) is 11.3 Å². The van der Waals surface area contributed by atoms with E-state index in [1.165, 1.54) is 17.4 Å². The fraction of sp³-hybridized carbons (Fsp3) is 0.600. The van der Waals surface area contributed by atoms with Gasteiger partial charge in [0.15, 0.2) is 0 Å². The molecule has 0 aliphatic rings. The summed E-state index contributed by atoms with van der Waals surface area (Å²) in [7, 11) is -3.40. The van der Waals surface area contributed by atoms with Crippen molar-refractivity contribution in [1.29, 1.82) is 0 Å². The Morgan fingerprint density at radius 3 is 2.69 bits per heavy atom. The molecule has 0 bridgehead atoms. The van der Waals surface area contributed by atoms with Gasteiger partial charge in [-0.3, -0.25) is 0 Å². The maximum Gasteiger partial charge on any atom is 0.241 e. The Kier molecular flexibility index (Phi) is 4.91. The zero-order chi connectivity index (χ0) is 12.2. The Morgan fingerprint density at radius 2 is 2.19 bits per heavy atom. The first-order valence-corrected chi connectivity index (χ1v) is 7.50. The van der Waals surface area contributed by atoms with Gasteiger partial charge in [0.25, 0.3) is 0 Å². The lowest BCUT2D eigenvalue weighted by Crippen LogP contribution is -2.25. The van der Waals surface area contributed by atoms with Crippen molar-refractivity contribution in [1.82, 2.24) is 4.72 Å². The van der Waals surface area contributed by atoms with Crippen molar-refractivity contribution in [3.63, 3.8) is 0 Å². The van der Waals surface area contributed by atoms with E-state index in [9.17, 15) is 8.42 Å². The van der Waals surface area contributed by atoms with E-state index in [-0.39, 0.29) is 11.5 Å². The Hall–Kier alpha value is -0.430. The first-order valence-electron chi connectivity index (χ1n) is 5.13. The van der Waals surface area contributed by atoms with Gasteiger partial charge < -0.3 is 5.11 Å². The van der Waals surface area contributed by atoms with Crippen LogP contribution in [0.4, 0.5) is 0 Å². The van der Waals surface area contributed by atoms with Crippen LogP contribution in [0.5, 0.6) is 0 Å². The molecule has 0 aliphatic carbocycles. The number of hydrogen-bond acceptors (Lipinski definition) is 4. The van der Waals surface area contributed by atoms with Gasteiger partial charge in [0, 0.05) is 16.8 Å². The Bertz CT molecular complexity index is 423. The van der Waals surface area contributed by atoms with Crippen LogP contribution in [0.25, 0.3) is 0 Å². The Balaban J connectivity index is 2.63. The van der Waals surface area contributed by atoms with E-state index in [1.54, 1.807) is 5.38 Å². The number of hydrogen-bond donors (Lipinski definition) is 2. The van der Waals surface area contributed by atoms with E-state index in [2.05, 4.69) is 4.72 Å². The van der Waals surface area contributed by atoms with E-state index >= 15 is 0 Å². The van der Waals surface area contributed by atoms with Crippen molar-refractivity contribution >= 4 is 21.4 Å². The molecule has 0 spiro atoms. The van der Waals surface area contributed by atoms with Crippen LogP contribution in [-0.2, 0) is 16.6 Å². The summed E-state index contributed by atoms with van der Waals surface area (Å²) in [5.74, 6) is 0.471. The molecule has 0 unspecified atom stereocenters. The first kappa shape index (κ1) is 13.6. The minimum Gasteiger partial charge on any atom is -0.391 e. The van der Waals surface area contributed by atoms with Gasteiger partial charge in [-0.25, -0.2) is 13.1 Å². The van der Waals surface area contributed by atoms with Gasteiger partial charge in [0.2, 0.25) is 10.0 Å². The predicted octanol–water partition coefficient (Wildman–Crippen LogP) is 1.56. The zero-order valence-corrected chi connectivity index (χ0v) is 11.1. The molecule has 0 saturated heterocycles. The van der Waals surface area contributed by atoms with Gasteiger partial charge in [-0.05, 0) is 18.4 Å². The standard InChI is InChI=1S/C10H17NO3S2/c1-8(2)3-4-11-16(13,14)10-5-9(6-12)15-7-10/h5,7-8,11-12H,3-4,6H2,1-2H3. The summed E-state index contributed by atoms with van der Waals surface area (Å²) >= 11 is 1.25. The second-order valence-corrected chi connectivity index (χ2v) is 6.75. The lowest BCUT2D eigenvalue weighted by Gasteiger charge is -2.06. The summed E-state index contributed by atoms with van der Waals surface area (Å²) in [5, 5.41) is 10.4. The Morgan fingerprint density at radius 1 is 1.50 bits per heavy atom. The highest BCUT2D eigenvalue weighted by Gasteiger charge is 2.15. The second-order valence-electron chi connectivity index (χ2n) is 3.99. The van der Waals surface area contributed by atoms with Crippen LogP contribution in [-0.4, -0.2) is 20.1 Å². The molecule has 1 heterocycles. The fourth-order valence-electron chi connectivity index (χ4n) is 1.15. The van der Waals surface area contributed by atoms with Crippen molar-refractivity contribution in [2.24, 2.45) is 5.92 Å². The summed E-state index contributed by atoms with van der Waals surface area (Å²) in [6.45, 7) is 4.42. The quantitative estimate of drug-likeness (QED) is 0.818. The van der Waals surface area contributed by atoms with Crippen molar-refractivity contribution < 1.29 is 13.5 Å². The molecule has 0 amide bonds. The van der Waals surface area contributed by atoms with E-state index < -0.39 is 10.0 Å². The molecule has 0 saturated carbocycles. The highest BCUT2D eigenvalue weighted by atomic mass is 32.2. The van der Waals surface area contributed by atoms with Gasteiger partial charge in [0.05, 0.1) is 11.5 Å². The largest absolute Gasteiger partial charge is 0.391 e. The molecule has 0 fully saturated rings. The molecule has 0 atom stereocenters. The van der Waals surface area contributed by atoms with Crippen LogP contribution < -0.4 is 4.72 Å². The van der Waals surface area contributed by atoms with Crippen LogP contribution >= 0.6 is 11.3 Å². The second kappa shape index (κ2) is 5.77. The monoisotopic (exact) mass is 263 g/mol. The molecule has 4 nitrogen and oxygen atoms in total. The third kappa shape index (κ3) is 3.86. The van der Waals surface area contributed by atoms with Crippen LogP contribution in [0.3, 0.4) is 0 Å². The summed E-state index contributed by atoms with van der Waals surface area (Å²) in [6, 6.07) is 1.50. The van der Waals surface area contributed by atoms with E-state index in [4.69, 9.17) is 5.11 Å². The molecule has 1 aromatic heterocycles. The third-order valence-electron chi connectivity index (χ3n) is 2.11. The van der Waals surface area contributed by atoms with Crippen molar-refractivity contribution in [2.75, 3.05) is 6.54 Å². The molecule has 0 radical (unpaired) electrons. The molecule has 16 heavy (non-hydrogen) atoms. The highest BCUT2D eigenvalue weighted by Crippen LogP contribution is 2.18. The average Bonchev–Trinajstić information content (AvgIpc) is 2.65. The van der Waals surface area contributed by atoms with Gasteiger partial charge in [-0.1, -0.05) is 13.8 Å². The molecule has 0 aromatic carbocycles. The molecular weight excluding hydrogens is 246 g/mol. The molecule has 1 aromatic rings. The van der Waals surface area contributed by atoms with Crippen LogP contribution in [0.15, 0.2) is 16.3 Å². The minimum absolute atomic E-state index is 0.119. The minimum atomic E-state index is -3.40. The molecule has 1 rings (SSSR count). The number of aliphatic hydroxyl groups is 1. The van der Waals surface area contributed by atoms with Gasteiger partial charge in [0.1, 0.15) is 0 Å². The molecule has 0 aliphatic heterocycles.